The summed E-state index contributed by atoms with van der Waals surface area (Å²) in [6.07, 6.45) is 5.96. The number of rotatable bonds is 3. The lowest BCUT2D eigenvalue weighted by Crippen LogP contribution is -2.49. The third kappa shape index (κ3) is 4.04. The van der Waals surface area contributed by atoms with Crippen LogP contribution in [0.2, 0.25) is 0 Å². The molecule has 3 heterocycles. The molecule has 0 amide bonds. The quantitative estimate of drug-likeness (QED) is 0.852. The van der Waals surface area contributed by atoms with E-state index in [-0.39, 0.29) is 0 Å². The summed E-state index contributed by atoms with van der Waals surface area (Å²) in [7, 11) is 0. The van der Waals surface area contributed by atoms with Crippen molar-refractivity contribution < 1.29 is 0 Å². The lowest BCUT2D eigenvalue weighted by atomic mass is 9.89. The van der Waals surface area contributed by atoms with Crippen molar-refractivity contribution in [1.82, 2.24) is 14.8 Å². The topological polar surface area (TPSA) is 19.4 Å². The van der Waals surface area contributed by atoms with Gasteiger partial charge in [0.25, 0.3) is 0 Å². The van der Waals surface area contributed by atoms with Crippen LogP contribution in [-0.2, 0) is 6.54 Å². The normalized spacial score (nSPS) is 29.6. The van der Waals surface area contributed by atoms with Crippen LogP contribution in [0, 0.1) is 11.8 Å². The second-order valence-electron chi connectivity index (χ2n) is 7.23. The minimum atomic E-state index is 0.815. The van der Waals surface area contributed by atoms with Gasteiger partial charge in [0.2, 0.25) is 0 Å². The highest BCUT2D eigenvalue weighted by atomic mass is 15.2. The molecule has 2 saturated heterocycles. The highest BCUT2D eigenvalue weighted by Gasteiger charge is 2.29. The largest absolute Gasteiger partial charge is 0.300 e. The molecular formula is C18H29N3. The Morgan fingerprint density at radius 2 is 1.81 bits per heavy atom. The van der Waals surface area contributed by atoms with Crippen LogP contribution in [0.5, 0.6) is 0 Å². The lowest BCUT2D eigenvalue weighted by Gasteiger charge is -2.43. The van der Waals surface area contributed by atoms with E-state index in [1.165, 1.54) is 51.1 Å². The molecule has 21 heavy (non-hydrogen) atoms. The fourth-order valence-corrected chi connectivity index (χ4v) is 4.17. The van der Waals surface area contributed by atoms with E-state index < -0.39 is 0 Å². The molecule has 0 radical (unpaired) electrons. The first-order valence-corrected chi connectivity index (χ1v) is 8.57. The van der Waals surface area contributed by atoms with E-state index >= 15 is 0 Å². The first-order chi connectivity index (χ1) is 10.2. The number of hydrogen-bond donors (Lipinski definition) is 0. The van der Waals surface area contributed by atoms with Crippen LogP contribution in [0.25, 0.3) is 0 Å². The van der Waals surface area contributed by atoms with Crippen LogP contribution in [0.1, 0.15) is 38.8 Å². The van der Waals surface area contributed by atoms with Crippen molar-refractivity contribution in [3.8, 4) is 0 Å². The second-order valence-corrected chi connectivity index (χ2v) is 7.23. The highest BCUT2D eigenvalue weighted by molar-refractivity contribution is 5.03. The summed E-state index contributed by atoms with van der Waals surface area (Å²) >= 11 is 0. The molecule has 3 rings (SSSR count). The molecule has 0 aromatic carbocycles. The van der Waals surface area contributed by atoms with Crippen molar-refractivity contribution in [3.63, 3.8) is 0 Å². The zero-order valence-corrected chi connectivity index (χ0v) is 13.5. The molecule has 0 aliphatic carbocycles. The Morgan fingerprint density at radius 1 is 1.10 bits per heavy atom. The van der Waals surface area contributed by atoms with E-state index in [0.29, 0.717) is 0 Å². The molecule has 0 saturated carbocycles. The number of likely N-dealkylation sites (tertiary alicyclic amines) is 2. The van der Waals surface area contributed by atoms with Gasteiger partial charge in [-0.15, -0.1) is 0 Å². The Morgan fingerprint density at radius 3 is 2.43 bits per heavy atom. The van der Waals surface area contributed by atoms with Crippen molar-refractivity contribution in [3.05, 3.63) is 30.1 Å². The molecule has 2 aliphatic heterocycles. The summed E-state index contributed by atoms with van der Waals surface area (Å²) in [5, 5.41) is 0. The van der Waals surface area contributed by atoms with Gasteiger partial charge >= 0.3 is 0 Å². The molecule has 0 unspecified atom stereocenters. The van der Waals surface area contributed by atoms with Gasteiger partial charge in [-0.2, -0.15) is 0 Å². The summed E-state index contributed by atoms with van der Waals surface area (Å²) in [6.45, 7) is 10.9. The fraction of sp³-hybridized carbons (Fsp3) is 0.722. The molecule has 0 bridgehead atoms. The van der Waals surface area contributed by atoms with E-state index in [0.717, 1.165) is 24.4 Å². The minimum absolute atomic E-state index is 0.815. The molecule has 0 spiro atoms. The summed E-state index contributed by atoms with van der Waals surface area (Å²) in [5.41, 5.74) is 1.20. The van der Waals surface area contributed by atoms with Crippen molar-refractivity contribution >= 4 is 0 Å². The van der Waals surface area contributed by atoms with E-state index in [1.807, 2.05) is 12.3 Å². The van der Waals surface area contributed by atoms with E-state index in [1.54, 1.807) is 0 Å². The number of pyridine rings is 1. The smallest absolute Gasteiger partial charge is 0.0543 e. The van der Waals surface area contributed by atoms with Gasteiger partial charge in [-0.1, -0.05) is 19.9 Å². The number of piperidine rings is 2. The average molecular weight is 287 g/mol. The monoisotopic (exact) mass is 287 g/mol. The molecule has 3 nitrogen and oxygen atoms in total. The highest BCUT2D eigenvalue weighted by Crippen LogP contribution is 2.26. The van der Waals surface area contributed by atoms with Crippen molar-refractivity contribution in [2.75, 3.05) is 26.2 Å². The van der Waals surface area contributed by atoms with Crippen LogP contribution in [0.15, 0.2) is 24.4 Å². The maximum Gasteiger partial charge on any atom is 0.0543 e. The Balaban J connectivity index is 1.48. The Labute approximate surface area is 129 Å². The van der Waals surface area contributed by atoms with Crippen LogP contribution < -0.4 is 0 Å². The third-order valence-electron chi connectivity index (χ3n) is 5.08. The Hall–Kier alpha value is -0.930. The fourth-order valence-electron chi connectivity index (χ4n) is 4.17. The maximum atomic E-state index is 4.45. The molecule has 1 aromatic rings. The number of nitrogens with zero attached hydrogens (tertiary/aromatic N) is 3. The number of aromatic nitrogens is 1. The van der Waals surface area contributed by atoms with Crippen molar-refractivity contribution in [1.29, 1.82) is 0 Å². The van der Waals surface area contributed by atoms with Gasteiger partial charge in [0.05, 0.1) is 5.69 Å². The Kier molecular flexibility index (Phi) is 4.91. The lowest BCUT2D eigenvalue weighted by molar-refractivity contribution is 0.0527. The van der Waals surface area contributed by atoms with Crippen molar-refractivity contribution in [2.45, 2.75) is 45.7 Å². The summed E-state index contributed by atoms with van der Waals surface area (Å²) in [6, 6.07) is 7.04. The minimum Gasteiger partial charge on any atom is -0.300 e. The number of hydrogen-bond acceptors (Lipinski definition) is 3. The molecule has 2 atom stereocenters. The predicted molar refractivity (Wildman–Crippen MR) is 87.1 cm³/mol. The van der Waals surface area contributed by atoms with E-state index in [4.69, 9.17) is 0 Å². The molecule has 3 heteroatoms. The summed E-state index contributed by atoms with van der Waals surface area (Å²) in [5.74, 6) is 1.75. The van der Waals surface area contributed by atoms with Gasteiger partial charge in [-0.3, -0.25) is 14.8 Å². The zero-order chi connectivity index (χ0) is 14.7. The van der Waals surface area contributed by atoms with Crippen molar-refractivity contribution in [2.24, 2.45) is 11.8 Å². The van der Waals surface area contributed by atoms with Crippen LogP contribution in [0.4, 0.5) is 0 Å². The zero-order valence-electron chi connectivity index (χ0n) is 13.5. The van der Waals surface area contributed by atoms with Gasteiger partial charge < -0.3 is 0 Å². The SMILES string of the molecule is C[C@@H]1C[C@@H](C)CN(C2CCN(Cc3ccccn3)CC2)C1. The molecule has 1 aromatic heterocycles. The summed E-state index contributed by atoms with van der Waals surface area (Å²) in [4.78, 5) is 9.79. The first-order valence-electron chi connectivity index (χ1n) is 8.57. The predicted octanol–water partition coefficient (Wildman–Crippen LogP) is 3.02. The molecular weight excluding hydrogens is 258 g/mol. The molecule has 2 aliphatic rings. The van der Waals surface area contributed by atoms with Crippen LogP contribution in [-0.4, -0.2) is 47.0 Å². The van der Waals surface area contributed by atoms with Gasteiger partial charge in [0, 0.05) is 45.0 Å². The second kappa shape index (κ2) is 6.89. The average Bonchev–Trinajstić information content (AvgIpc) is 2.48. The standard InChI is InChI=1S/C18H29N3/c1-15-11-16(2)13-21(12-15)18-6-9-20(10-7-18)14-17-5-3-4-8-19-17/h3-5,8,15-16,18H,6-7,9-14H2,1-2H3/t15-,16-/m1/s1. The van der Waals surface area contributed by atoms with Gasteiger partial charge in [-0.25, -0.2) is 0 Å². The molecule has 0 N–H and O–H groups in total. The van der Waals surface area contributed by atoms with Gasteiger partial charge in [0.1, 0.15) is 0 Å². The first kappa shape index (κ1) is 15.0. The van der Waals surface area contributed by atoms with Gasteiger partial charge in [-0.05, 0) is 43.2 Å². The Bertz CT molecular complexity index is 415. The van der Waals surface area contributed by atoms with E-state index in [9.17, 15) is 0 Å². The maximum absolute atomic E-state index is 4.45. The third-order valence-corrected chi connectivity index (χ3v) is 5.08. The molecule has 116 valence electrons. The molecule has 2 fully saturated rings. The van der Waals surface area contributed by atoms with Crippen LogP contribution >= 0.6 is 0 Å². The summed E-state index contributed by atoms with van der Waals surface area (Å²) < 4.78 is 0. The van der Waals surface area contributed by atoms with Gasteiger partial charge in [0.15, 0.2) is 0 Å². The van der Waals surface area contributed by atoms with Crippen LogP contribution in [0.3, 0.4) is 0 Å². The van der Waals surface area contributed by atoms with E-state index in [2.05, 4.69) is 40.8 Å².